The van der Waals surface area contributed by atoms with E-state index >= 15 is 0 Å². The predicted molar refractivity (Wildman–Crippen MR) is 98.4 cm³/mol. The van der Waals surface area contributed by atoms with Crippen molar-refractivity contribution in [3.8, 4) is 11.3 Å². The molecule has 1 aliphatic heterocycles. The van der Waals surface area contributed by atoms with Gasteiger partial charge in [-0.1, -0.05) is 0 Å². The Balaban J connectivity index is 1.73. The van der Waals surface area contributed by atoms with Crippen molar-refractivity contribution in [3.05, 3.63) is 58.3 Å². The normalized spacial score (nSPS) is 16.2. The quantitative estimate of drug-likeness (QED) is 0.502. The third-order valence-electron chi connectivity index (χ3n) is 5.33. The third-order valence-corrected chi connectivity index (χ3v) is 5.33. The van der Waals surface area contributed by atoms with Gasteiger partial charge in [-0.15, -0.1) is 0 Å². The van der Waals surface area contributed by atoms with E-state index in [9.17, 15) is 26.7 Å². The van der Waals surface area contributed by atoms with Gasteiger partial charge in [-0.25, -0.2) is 22.0 Å². The Bertz CT molecular complexity index is 1160. The molecule has 3 heterocycles. The number of rotatable bonds is 3. The van der Waals surface area contributed by atoms with Crippen molar-refractivity contribution in [1.29, 1.82) is 0 Å². The number of aromatic nitrogens is 4. The minimum Gasteiger partial charge on any atom is -0.317 e. The second kappa shape index (κ2) is 7.45. The van der Waals surface area contributed by atoms with Crippen LogP contribution in [-0.2, 0) is 20.5 Å². The minimum atomic E-state index is -2.91. The first-order chi connectivity index (χ1) is 14.6. The molecule has 7 nitrogen and oxygen atoms in total. The van der Waals surface area contributed by atoms with Crippen molar-refractivity contribution in [1.82, 2.24) is 24.5 Å². The van der Waals surface area contributed by atoms with Crippen molar-refractivity contribution in [2.45, 2.75) is 19.0 Å². The molecule has 0 spiro atoms. The summed E-state index contributed by atoms with van der Waals surface area (Å²) in [5, 5.41) is 8.00. The van der Waals surface area contributed by atoms with Gasteiger partial charge in [0.05, 0.1) is 17.5 Å². The number of halogens is 5. The number of alkyl halides is 2. The fourth-order valence-corrected chi connectivity index (χ4v) is 3.90. The Kier molecular flexibility index (Phi) is 5.04. The Morgan fingerprint density at radius 1 is 1.16 bits per heavy atom. The zero-order valence-electron chi connectivity index (χ0n) is 16.4. The molecule has 0 bridgehead atoms. The van der Waals surface area contributed by atoms with E-state index in [4.69, 9.17) is 5.73 Å². The van der Waals surface area contributed by atoms with Crippen molar-refractivity contribution in [2.75, 3.05) is 6.54 Å². The summed E-state index contributed by atoms with van der Waals surface area (Å²) in [5.41, 5.74) is 6.59. The molecule has 1 atom stereocenters. The second-order valence-electron chi connectivity index (χ2n) is 7.15. The van der Waals surface area contributed by atoms with Crippen LogP contribution in [0.1, 0.15) is 39.9 Å². The highest BCUT2D eigenvalue weighted by molar-refractivity contribution is 5.95. The number of hydrogen-bond donors (Lipinski definition) is 1. The first-order valence-electron chi connectivity index (χ1n) is 9.19. The SMILES string of the molecule is Cn1nc2c(c1-c1cc(F)c(F)c(F)c1)CCN(C(=O)c1cnn(C)c1C(F)F)[C@H]2N. The van der Waals surface area contributed by atoms with E-state index in [-0.39, 0.29) is 29.8 Å². The Morgan fingerprint density at radius 3 is 2.42 bits per heavy atom. The van der Waals surface area contributed by atoms with Gasteiger partial charge in [-0.3, -0.25) is 14.2 Å². The van der Waals surface area contributed by atoms with E-state index in [0.717, 1.165) is 23.0 Å². The zero-order chi connectivity index (χ0) is 22.6. The smallest absolute Gasteiger partial charge is 0.280 e. The van der Waals surface area contributed by atoms with E-state index in [1.165, 1.54) is 23.7 Å². The lowest BCUT2D eigenvalue weighted by molar-refractivity contribution is 0.0649. The van der Waals surface area contributed by atoms with Crippen LogP contribution in [0.25, 0.3) is 11.3 Å². The van der Waals surface area contributed by atoms with Gasteiger partial charge in [0.1, 0.15) is 17.6 Å². The predicted octanol–water partition coefficient (Wildman–Crippen LogP) is 2.83. The Labute approximate surface area is 172 Å². The van der Waals surface area contributed by atoms with E-state index in [1.54, 1.807) is 0 Å². The van der Waals surface area contributed by atoms with Gasteiger partial charge in [0.25, 0.3) is 12.3 Å². The van der Waals surface area contributed by atoms with Crippen molar-refractivity contribution in [3.63, 3.8) is 0 Å². The molecule has 0 saturated carbocycles. The van der Waals surface area contributed by atoms with Crippen LogP contribution in [0.2, 0.25) is 0 Å². The molecule has 1 amide bonds. The fourth-order valence-electron chi connectivity index (χ4n) is 3.90. The molecule has 31 heavy (non-hydrogen) atoms. The van der Waals surface area contributed by atoms with Gasteiger partial charge >= 0.3 is 0 Å². The largest absolute Gasteiger partial charge is 0.317 e. The van der Waals surface area contributed by atoms with E-state index in [2.05, 4.69) is 10.2 Å². The van der Waals surface area contributed by atoms with Gasteiger partial charge in [0, 0.05) is 31.8 Å². The molecule has 164 valence electrons. The molecule has 0 radical (unpaired) electrons. The summed E-state index contributed by atoms with van der Waals surface area (Å²) in [7, 11) is 2.82. The summed E-state index contributed by atoms with van der Waals surface area (Å²) in [6, 6.07) is 1.70. The van der Waals surface area contributed by atoms with Crippen molar-refractivity contribution < 1.29 is 26.7 Å². The van der Waals surface area contributed by atoms with E-state index < -0.39 is 41.6 Å². The molecule has 3 aromatic rings. The maximum Gasteiger partial charge on any atom is 0.280 e. The van der Waals surface area contributed by atoms with Gasteiger partial charge in [-0.05, 0) is 18.6 Å². The van der Waals surface area contributed by atoms with Gasteiger partial charge < -0.3 is 10.6 Å². The number of nitrogens with zero attached hydrogens (tertiary/aromatic N) is 5. The zero-order valence-corrected chi connectivity index (χ0v) is 16.4. The number of aryl methyl sites for hydroxylation is 2. The minimum absolute atomic E-state index is 0.0510. The molecular formula is C19H17F5N6O. The number of carbonyl (C=O) groups excluding carboxylic acids is 1. The number of hydrogen-bond acceptors (Lipinski definition) is 4. The second-order valence-corrected chi connectivity index (χ2v) is 7.15. The first-order valence-corrected chi connectivity index (χ1v) is 9.19. The highest BCUT2D eigenvalue weighted by Crippen LogP contribution is 2.35. The van der Waals surface area contributed by atoms with Crippen LogP contribution in [0.4, 0.5) is 22.0 Å². The average molecular weight is 440 g/mol. The molecule has 1 aromatic carbocycles. The number of benzene rings is 1. The average Bonchev–Trinajstić information content (AvgIpc) is 3.25. The number of nitrogens with two attached hydrogens (primary N) is 1. The van der Waals surface area contributed by atoms with Crippen LogP contribution in [-0.4, -0.2) is 36.9 Å². The Hall–Kier alpha value is -3.28. The summed E-state index contributed by atoms with van der Waals surface area (Å²) >= 11 is 0. The highest BCUT2D eigenvalue weighted by atomic mass is 19.3. The first kappa shape index (κ1) is 21.0. The summed E-state index contributed by atoms with van der Waals surface area (Å²) in [4.78, 5) is 14.1. The summed E-state index contributed by atoms with van der Waals surface area (Å²) in [6.45, 7) is 0.0510. The summed E-state index contributed by atoms with van der Waals surface area (Å²) < 4.78 is 69.8. The lowest BCUT2D eigenvalue weighted by Crippen LogP contribution is -2.44. The number of amides is 1. The van der Waals surface area contributed by atoms with E-state index in [1.807, 2.05) is 0 Å². The van der Waals surface area contributed by atoms with Gasteiger partial charge in [0.15, 0.2) is 17.5 Å². The van der Waals surface area contributed by atoms with Gasteiger partial charge in [-0.2, -0.15) is 10.2 Å². The summed E-state index contributed by atoms with van der Waals surface area (Å²) in [5.74, 6) is -5.01. The maximum absolute atomic E-state index is 13.7. The number of carbonyl (C=O) groups is 1. The molecular weight excluding hydrogens is 423 g/mol. The molecule has 2 N–H and O–H groups in total. The lowest BCUT2D eigenvalue weighted by Gasteiger charge is -2.32. The molecule has 0 fully saturated rings. The molecule has 1 aliphatic rings. The fraction of sp³-hybridized carbons (Fsp3) is 0.316. The van der Waals surface area contributed by atoms with Crippen molar-refractivity contribution >= 4 is 5.91 Å². The standard InChI is InChI=1S/C19H17F5N6O/c1-28-16(17(23)24)10(7-26-28)19(31)30-4-3-9-14(18(30)25)27-29(2)15(9)8-5-11(20)13(22)12(21)6-8/h5-7,17-18H,3-4,25H2,1-2H3/t18-/m1/s1. The lowest BCUT2D eigenvalue weighted by atomic mass is 9.97. The molecule has 12 heteroatoms. The highest BCUT2D eigenvalue weighted by Gasteiger charge is 2.36. The van der Waals surface area contributed by atoms with Crippen LogP contribution < -0.4 is 5.73 Å². The molecule has 0 unspecified atom stereocenters. The molecule has 0 saturated heterocycles. The number of fused-ring (bicyclic) bond motifs is 1. The molecule has 0 aliphatic carbocycles. The van der Waals surface area contributed by atoms with E-state index in [0.29, 0.717) is 11.3 Å². The summed E-state index contributed by atoms with van der Waals surface area (Å²) in [6.07, 6.45) is -2.74. The van der Waals surface area contributed by atoms with Crippen LogP contribution in [0, 0.1) is 17.5 Å². The third kappa shape index (κ3) is 3.26. The van der Waals surface area contributed by atoms with Crippen molar-refractivity contribution in [2.24, 2.45) is 19.8 Å². The molecule has 4 rings (SSSR count). The Morgan fingerprint density at radius 2 is 1.81 bits per heavy atom. The van der Waals surface area contributed by atoms with Gasteiger partial charge in [0.2, 0.25) is 0 Å². The van der Waals surface area contributed by atoms with Crippen LogP contribution >= 0.6 is 0 Å². The monoisotopic (exact) mass is 440 g/mol. The molecule has 2 aromatic heterocycles. The van der Waals surface area contributed by atoms with Crippen LogP contribution in [0.3, 0.4) is 0 Å². The van der Waals surface area contributed by atoms with Crippen LogP contribution in [0.15, 0.2) is 18.3 Å². The maximum atomic E-state index is 13.7. The van der Waals surface area contributed by atoms with Crippen LogP contribution in [0.5, 0.6) is 0 Å². The topological polar surface area (TPSA) is 82.0 Å².